The van der Waals surface area contributed by atoms with Crippen molar-refractivity contribution in [3.05, 3.63) is 12.2 Å². The first-order valence-electron chi connectivity index (χ1n) is 5.69. The molecule has 14 heavy (non-hydrogen) atoms. The molecule has 0 N–H and O–H groups in total. The fourth-order valence-corrected chi connectivity index (χ4v) is 2.79. The van der Waals surface area contributed by atoms with Gasteiger partial charge in [0.2, 0.25) is 0 Å². The highest BCUT2D eigenvalue weighted by Gasteiger charge is 2.45. The number of rotatable bonds is 1. The van der Waals surface area contributed by atoms with Crippen molar-refractivity contribution in [3.63, 3.8) is 0 Å². The molecule has 0 aromatic rings. The van der Waals surface area contributed by atoms with Crippen molar-refractivity contribution in [2.24, 2.45) is 5.92 Å². The van der Waals surface area contributed by atoms with Crippen LogP contribution in [-0.4, -0.2) is 23.0 Å². The van der Waals surface area contributed by atoms with Crippen LogP contribution in [0.4, 0.5) is 0 Å². The predicted octanol–water partition coefficient (Wildman–Crippen LogP) is 3.46. The van der Waals surface area contributed by atoms with E-state index in [1.165, 1.54) is 18.4 Å². The summed E-state index contributed by atoms with van der Waals surface area (Å²) < 4.78 is 0. The van der Waals surface area contributed by atoms with Gasteiger partial charge in [-0.25, -0.2) is 0 Å². The lowest BCUT2D eigenvalue weighted by molar-refractivity contribution is 0.00184. The molecule has 0 bridgehead atoms. The minimum atomic E-state index is 0.141. The molecular weight excluding hydrogens is 170 g/mol. The average molecular weight is 195 g/mol. The predicted molar refractivity (Wildman–Crippen MR) is 63.5 cm³/mol. The first-order valence-corrected chi connectivity index (χ1v) is 5.69. The molecular formula is C13H25N. The van der Waals surface area contributed by atoms with Gasteiger partial charge in [0.05, 0.1) is 0 Å². The van der Waals surface area contributed by atoms with Gasteiger partial charge in [0, 0.05) is 11.1 Å². The van der Waals surface area contributed by atoms with Gasteiger partial charge < -0.3 is 0 Å². The Balaban J connectivity index is 3.05. The summed E-state index contributed by atoms with van der Waals surface area (Å²) in [5.74, 6) is 0.645. The number of hydrogen-bond acceptors (Lipinski definition) is 1. The zero-order valence-electron chi connectivity index (χ0n) is 10.6. The quantitative estimate of drug-likeness (QED) is 0.579. The van der Waals surface area contributed by atoms with Gasteiger partial charge in [-0.15, -0.1) is 0 Å². The molecule has 1 aliphatic rings. The average Bonchev–Trinajstić information content (AvgIpc) is 2.13. The second-order valence-corrected chi connectivity index (χ2v) is 5.60. The third-order valence-electron chi connectivity index (χ3n) is 4.54. The first kappa shape index (κ1) is 11.8. The monoisotopic (exact) mass is 195 g/mol. The van der Waals surface area contributed by atoms with E-state index in [0.29, 0.717) is 11.5 Å². The lowest BCUT2D eigenvalue weighted by Gasteiger charge is -2.55. The summed E-state index contributed by atoms with van der Waals surface area (Å²) in [7, 11) is 2.24. The van der Waals surface area contributed by atoms with E-state index in [4.69, 9.17) is 0 Å². The van der Waals surface area contributed by atoms with Gasteiger partial charge >= 0.3 is 0 Å². The molecule has 0 aromatic heterocycles. The van der Waals surface area contributed by atoms with Crippen LogP contribution < -0.4 is 0 Å². The molecule has 2 unspecified atom stereocenters. The Morgan fingerprint density at radius 3 is 2.36 bits per heavy atom. The summed E-state index contributed by atoms with van der Waals surface area (Å²) in [6.45, 7) is 15.8. The molecule has 2 atom stereocenters. The normalized spacial score (nSPS) is 38.7. The van der Waals surface area contributed by atoms with E-state index in [0.717, 1.165) is 0 Å². The highest BCUT2D eigenvalue weighted by molar-refractivity contribution is 5.22. The van der Waals surface area contributed by atoms with Crippen molar-refractivity contribution in [2.45, 2.75) is 58.5 Å². The van der Waals surface area contributed by atoms with Crippen LogP contribution in [0.5, 0.6) is 0 Å². The summed E-state index contributed by atoms with van der Waals surface area (Å²) in [5.41, 5.74) is 1.86. The maximum Gasteiger partial charge on any atom is 0.0366 e. The molecule has 0 amide bonds. The summed E-state index contributed by atoms with van der Waals surface area (Å²) >= 11 is 0. The van der Waals surface area contributed by atoms with E-state index >= 15 is 0 Å². The van der Waals surface area contributed by atoms with E-state index in [1.807, 2.05) is 0 Å². The smallest absolute Gasteiger partial charge is 0.0366 e. The van der Waals surface area contributed by atoms with E-state index < -0.39 is 0 Å². The van der Waals surface area contributed by atoms with Gasteiger partial charge in [-0.05, 0) is 46.6 Å². The molecule has 1 heterocycles. The number of piperidine rings is 1. The molecule has 1 saturated heterocycles. The maximum absolute atomic E-state index is 4.26. The van der Waals surface area contributed by atoms with Gasteiger partial charge in [-0.2, -0.15) is 0 Å². The highest BCUT2D eigenvalue weighted by atomic mass is 15.2. The van der Waals surface area contributed by atoms with Crippen LogP contribution in [0, 0.1) is 5.92 Å². The highest BCUT2D eigenvalue weighted by Crippen LogP contribution is 2.44. The third-order valence-corrected chi connectivity index (χ3v) is 4.54. The minimum Gasteiger partial charge on any atom is -0.292 e. The van der Waals surface area contributed by atoms with Crippen LogP contribution in [0.15, 0.2) is 12.2 Å². The SMILES string of the molecule is C=C1C(C)CC(C)(CC)N(C)C1(C)C. The van der Waals surface area contributed by atoms with E-state index in [9.17, 15) is 0 Å². The van der Waals surface area contributed by atoms with E-state index in [-0.39, 0.29) is 5.54 Å². The Morgan fingerprint density at radius 1 is 1.43 bits per heavy atom. The van der Waals surface area contributed by atoms with Crippen molar-refractivity contribution in [1.82, 2.24) is 4.90 Å². The van der Waals surface area contributed by atoms with Crippen molar-refractivity contribution < 1.29 is 0 Å². The molecule has 0 radical (unpaired) electrons. The third kappa shape index (κ3) is 1.52. The molecule has 1 rings (SSSR count). The van der Waals surface area contributed by atoms with Crippen LogP contribution in [0.25, 0.3) is 0 Å². The first-order chi connectivity index (χ1) is 6.25. The van der Waals surface area contributed by atoms with Crippen molar-refractivity contribution in [1.29, 1.82) is 0 Å². The molecule has 82 valence electrons. The Labute approximate surface area is 89.2 Å². The number of likely N-dealkylation sites (tertiary alicyclic amines) is 1. The Hall–Kier alpha value is -0.300. The van der Waals surface area contributed by atoms with E-state index in [2.05, 4.69) is 53.1 Å². The molecule has 1 fully saturated rings. The summed E-state index contributed by atoms with van der Waals surface area (Å²) in [4.78, 5) is 2.50. The van der Waals surface area contributed by atoms with Gasteiger partial charge in [0.25, 0.3) is 0 Å². The second kappa shape index (κ2) is 3.37. The Kier molecular flexibility index (Phi) is 2.84. The van der Waals surface area contributed by atoms with Crippen LogP contribution >= 0.6 is 0 Å². The molecule has 0 aliphatic carbocycles. The van der Waals surface area contributed by atoms with Crippen LogP contribution in [0.2, 0.25) is 0 Å². The van der Waals surface area contributed by atoms with Crippen LogP contribution in [-0.2, 0) is 0 Å². The Morgan fingerprint density at radius 2 is 1.93 bits per heavy atom. The van der Waals surface area contributed by atoms with Crippen LogP contribution in [0.1, 0.15) is 47.5 Å². The van der Waals surface area contributed by atoms with Crippen molar-refractivity contribution in [2.75, 3.05) is 7.05 Å². The second-order valence-electron chi connectivity index (χ2n) is 5.60. The molecule has 1 nitrogen and oxygen atoms in total. The van der Waals surface area contributed by atoms with Crippen molar-refractivity contribution >= 4 is 0 Å². The Bertz CT molecular complexity index is 242. The van der Waals surface area contributed by atoms with E-state index in [1.54, 1.807) is 0 Å². The van der Waals surface area contributed by atoms with Gasteiger partial charge in [-0.1, -0.05) is 26.0 Å². The number of hydrogen-bond donors (Lipinski definition) is 0. The fraction of sp³-hybridized carbons (Fsp3) is 0.846. The van der Waals surface area contributed by atoms with Gasteiger partial charge in [0.15, 0.2) is 0 Å². The summed E-state index contributed by atoms with van der Waals surface area (Å²) in [6.07, 6.45) is 2.45. The largest absolute Gasteiger partial charge is 0.292 e. The van der Waals surface area contributed by atoms with Gasteiger partial charge in [-0.3, -0.25) is 4.90 Å². The summed E-state index contributed by atoms with van der Waals surface area (Å²) in [5, 5.41) is 0. The molecule has 0 spiro atoms. The zero-order chi connectivity index (χ0) is 11.1. The lowest BCUT2D eigenvalue weighted by Crippen LogP contribution is -2.60. The summed E-state index contributed by atoms with van der Waals surface area (Å²) in [6, 6.07) is 0. The standard InChI is InChI=1S/C13H25N/c1-8-13(6)9-10(2)11(3)12(4,5)14(13)7/h10H,3,8-9H2,1-2,4-7H3. The molecule has 1 aliphatic heterocycles. The molecule has 0 aromatic carbocycles. The topological polar surface area (TPSA) is 3.24 Å². The van der Waals surface area contributed by atoms with Crippen molar-refractivity contribution in [3.8, 4) is 0 Å². The number of likely N-dealkylation sites (N-methyl/N-ethyl adjacent to an activating group) is 1. The minimum absolute atomic E-state index is 0.141. The lowest BCUT2D eigenvalue weighted by atomic mass is 9.70. The van der Waals surface area contributed by atoms with Gasteiger partial charge in [0.1, 0.15) is 0 Å². The number of nitrogens with zero attached hydrogens (tertiary/aromatic N) is 1. The zero-order valence-corrected chi connectivity index (χ0v) is 10.6. The molecule has 0 saturated carbocycles. The maximum atomic E-state index is 4.26. The van der Waals surface area contributed by atoms with Crippen LogP contribution in [0.3, 0.4) is 0 Å². The molecule has 1 heteroatoms. The fourth-order valence-electron chi connectivity index (χ4n) is 2.79.